The highest BCUT2D eigenvalue weighted by Crippen LogP contribution is 2.35. The van der Waals surface area contributed by atoms with Crippen molar-refractivity contribution in [3.63, 3.8) is 0 Å². The standard InChI is InChI=1S/C24H32N2O3/c1-3-5-7-9-16-25-23(27)19-13-11-12-18-21(26(29)17-10-8-6-4-2)15-14-20(22(18)19)24(25)28/h11-15,29H,3-10,16-17H2,1-2H3. The summed E-state index contributed by atoms with van der Waals surface area (Å²) in [6.07, 6.45) is 8.33. The smallest absolute Gasteiger partial charge is 0.261 e. The van der Waals surface area contributed by atoms with Gasteiger partial charge in [0.15, 0.2) is 0 Å². The summed E-state index contributed by atoms with van der Waals surface area (Å²) in [6.45, 7) is 5.28. The van der Waals surface area contributed by atoms with Gasteiger partial charge < -0.3 is 0 Å². The van der Waals surface area contributed by atoms with Crippen molar-refractivity contribution in [2.75, 3.05) is 18.2 Å². The first kappa shape index (κ1) is 21.3. The van der Waals surface area contributed by atoms with Crippen LogP contribution in [-0.4, -0.2) is 35.0 Å². The lowest BCUT2D eigenvalue weighted by Gasteiger charge is -2.29. The minimum Gasteiger partial charge on any atom is -0.288 e. The zero-order valence-corrected chi connectivity index (χ0v) is 17.6. The first-order chi connectivity index (χ1) is 14.1. The lowest BCUT2D eigenvalue weighted by atomic mass is 9.92. The Morgan fingerprint density at radius 3 is 2.17 bits per heavy atom. The molecule has 5 heteroatoms. The van der Waals surface area contributed by atoms with E-state index in [2.05, 4.69) is 13.8 Å². The van der Waals surface area contributed by atoms with Crippen molar-refractivity contribution in [3.05, 3.63) is 41.5 Å². The van der Waals surface area contributed by atoms with E-state index in [0.29, 0.717) is 35.3 Å². The van der Waals surface area contributed by atoms with Gasteiger partial charge in [-0.1, -0.05) is 64.5 Å². The second-order valence-electron chi connectivity index (χ2n) is 7.87. The van der Waals surface area contributed by atoms with Gasteiger partial charge in [-0.2, -0.15) is 0 Å². The van der Waals surface area contributed by atoms with Gasteiger partial charge in [0.05, 0.1) is 5.69 Å². The molecule has 2 aromatic rings. The number of carbonyl (C=O) groups excluding carboxylic acids is 2. The molecule has 2 aromatic carbocycles. The Bertz CT molecular complexity index is 856. The first-order valence-electron chi connectivity index (χ1n) is 11.0. The number of hydrogen-bond donors (Lipinski definition) is 1. The van der Waals surface area contributed by atoms with Gasteiger partial charge in [0.25, 0.3) is 11.8 Å². The largest absolute Gasteiger partial charge is 0.288 e. The van der Waals surface area contributed by atoms with Crippen molar-refractivity contribution in [2.24, 2.45) is 0 Å². The van der Waals surface area contributed by atoms with Crippen molar-refractivity contribution in [1.29, 1.82) is 0 Å². The van der Waals surface area contributed by atoms with Crippen LogP contribution < -0.4 is 5.06 Å². The first-order valence-corrected chi connectivity index (χ1v) is 11.0. The number of rotatable bonds is 11. The third-order valence-electron chi connectivity index (χ3n) is 5.71. The molecular formula is C24H32N2O3. The molecule has 0 fully saturated rings. The molecule has 0 saturated heterocycles. The third kappa shape index (κ3) is 4.45. The van der Waals surface area contributed by atoms with E-state index in [0.717, 1.165) is 56.8 Å². The van der Waals surface area contributed by atoms with Crippen molar-refractivity contribution >= 4 is 28.3 Å². The van der Waals surface area contributed by atoms with Crippen LogP contribution in [-0.2, 0) is 0 Å². The van der Waals surface area contributed by atoms with Gasteiger partial charge in [-0.05, 0) is 31.0 Å². The Balaban J connectivity index is 1.88. The van der Waals surface area contributed by atoms with Crippen molar-refractivity contribution in [1.82, 2.24) is 4.90 Å². The van der Waals surface area contributed by atoms with E-state index in [9.17, 15) is 14.8 Å². The van der Waals surface area contributed by atoms with Crippen molar-refractivity contribution in [3.8, 4) is 0 Å². The maximum absolute atomic E-state index is 13.0. The van der Waals surface area contributed by atoms with Crippen LogP contribution in [0.5, 0.6) is 0 Å². The van der Waals surface area contributed by atoms with Crippen molar-refractivity contribution < 1.29 is 14.8 Å². The van der Waals surface area contributed by atoms with Crippen LogP contribution in [0.3, 0.4) is 0 Å². The average Bonchev–Trinajstić information content (AvgIpc) is 2.74. The molecule has 3 rings (SSSR count). The number of anilines is 1. The summed E-state index contributed by atoms with van der Waals surface area (Å²) in [5.41, 5.74) is 1.75. The maximum atomic E-state index is 13.0. The zero-order chi connectivity index (χ0) is 20.8. The molecule has 0 spiro atoms. The molecule has 1 aliphatic heterocycles. The van der Waals surface area contributed by atoms with E-state index in [1.165, 1.54) is 9.96 Å². The summed E-state index contributed by atoms with van der Waals surface area (Å²) in [6, 6.07) is 9.05. The molecule has 1 N–H and O–H groups in total. The van der Waals surface area contributed by atoms with Crippen LogP contribution in [0.4, 0.5) is 5.69 Å². The van der Waals surface area contributed by atoms with E-state index < -0.39 is 0 Å². The normalized spacial score (nSPS) is 13.4. The minimum atomic E-state index is -0.228. The molecular weight excluding hydrogens is 364 g/mol. The van der Waals surface area contributed by atoms with Gasteiger partial charge in [0.1, 0.15) is 0 Å². The lowest BCUT2D eigenvalue weighted by molar-refractivity contribution is 0.0607. The second kappa shape index (κ2) is 9.88. The topological polar surface area (TPSA) is 60.9 Å². The monoisotopic (exact) mass is 396 g/mol. The molecule has 2 amide bonds. The van der Waals surface area contributed by atoms with Gasteiger partial charge in [0.2, 0.25) is 0 Å². The predicted molar refractivity (Wildman–Crippen MR) is 117 cm³/mol. The second-order valence-corrected chi connectivity index (χ2v) is 7.87. The fourth-order valence-electron chi connectivity index (χ4n) is 4.06. The van der Waals surface area contributed by atoms with E-state index in [4.69, 9.17) is 0 Å². The fraction of sp³-hybridized carbons (Fsp3) is 0.500. The Kier molecular flexibility index (Phi) is 7.26. The van der Waals surface area contributed by atoms with Crippen LogP contribution >= 0.6 is 0 Å². The van der Waals surface area contributed by atoms with E-state index >= 15 is 0 Å². The number of nitrogens with zero attached hydrogens (tertiary/aromatic N) is 2. The van der Waals surface area contributed by atoms with Gasteiger partial charge >= 0.3 is 0 Å². The highest BCUT2D eigenvalue weighted by atomic mass is 16.5. The number of amides is 2. The highest BCUT2D eigenvalue weighted by Gasteiger charge is 2.33. The van der Waals surface area contributed by atoms with Crippen LogP contribution in [0.1, 0.15) is 85.9 Å². The number of benzene rings is 2. The number of hydroxylamine groups is 1. The summed E-state index contributed by atoms with van der Waals surface area (Å²) in [4.78, 5) is 27.4. The Morgan fingerprint density at radius 2 is 1.48 bits per heavy atom. The molecule has 0 atom stereocenters. The quantitative estimate of drug-likeness (QED) is 0.297. The van der Waals surface area contributed by atoms with E-state index in [1.807, 2.05) is 12.1 Å². The number of imide groups is 1. The molecule has 0 aliphatic carbocycles. The molecule has 1 aliphatic rings. The Morgan fingerprint density at radius 1 is 0.828 bits per heavy atom. The number of hydrogen-bond acceptors (Lipinski definition) is 4. The minimum absolute atomic E-state index is 0.228. The molecule has 1 heterocycles. The molecule has 0 aromatic heterocycles. The zero-order valence-electron chi connectivity index (χ0n) is 17.6. The number of unbranched alkanes of at least 4 members (excludes halogenated alkanes) is 6. The fourth-order valence-corrected chi connectivity index (χ4v) is 4.06. The van der Waals surface area contributed by atoms with Gasteiger partial charge in [-0.25, -0.2) is 0 Å². The van der Waals surface area contributed by atoms with Crippen LogP contribution in [0.25, 0.3) is 10.8 Å². The Labute approximate surface area is 173 Å². The molecule has 0 radical (unpaired) electrons. The molecule has 0 saturated carbocycles. The SMILES string of the molecule is CCCCCCN1C(=O)c2cccc3c(N(O)CCCCCC)ccc(c23)C1=O. The maximum Gasteiger partial charge on any atom is 0.261 e. The summed E-state index contributed by atoms with van der Waals surface area (Å²) in [7, 11) is 0. The molecule has 5 nitrogen and oxygen atoms in total. The molecule has 0 bridgehead atoms. The number of carbonyl (C=O) groups is 2. The Hall–Kier alpha value is -2.40. The van der Waals surface area contributed by atoms with Crippen LogP contribution in [0, 0.1) is 0 Å². The average molecular weight is 397 g/mol. The molecule has 156 valence electrons. The van der Waals surface area contributed by atoms with E-state index in [-0.39, 0.29) is 11.8 Å². The molecule has 0 unspecified atom stereocenters. The van der Waals surface area contributed by atoms with Crippen LogP contribution in [0.15, 0.2) is 30.3 Å². The summed E-state index contributed by atoms with van der Waals surface area (Å²) < 4.78 is 0. The highest BCUT2D eigenvalue weighted by molar-refractivity contribution is 6.26. The summed E-state index contributed by atoms with van der Waals surface area (Å²) in [5.74, 6) is -0.455. The van der Waals surface area contributed by atoms with Gasteiger partial charge in [-0.3, -0.25) is 24.8 Å². The molecule has 29 heavy (non-hydrogen) atoms. The van der Waals surface area contributed by atoms with Crippen molar-refractivity contribution in [2.45, 2.75) is 65.2 Å². The predicted octanol–water partition coefficient (Wildman–Crippen LogP) is 5.79. The van der Waals surface area contributed by atoms with Crippen LogP contribution in [0.2, 0.25) is 0 Å². The summed E-state index contributed by atoms with van der Waals surface area (Å²) >= 11 is 0. The summed E-state index contributed by atoms with van der Waals surface area (Å²) in [5, 5.41) is 13.3. The van der Waals surface area contributed by atoms with Gasteiger partial charge in [-0.15, -0.1) is 0 Å². The van der Waals surface area contributed by atoms with Gasteiger partial charge in [0, 0.05) is 35.0 Å². The lowest BCUT2D eigenvalue weighted by Crippen LogP contribution is -2.41. The van der Waals surface area contributed by atoms with E-state index in [1.54, 1.807) is 18.2 Å². The third-order valence-corrected chi connectivity index (χ3v) is 5.71.